The maximum Gasteiger partial charge on any atom is 0.409 e. The number of aromatic nitrogens is 8. The summed E-state index contributed by atoms with van der Waals surface area (Å²) in [6.07, 6.45) is 1.22. The van der Waals surface area contributed by atoms with Gasteiger partial charge >= 0.3 is 6.09 Å². The molecule has 0 saturated carbocycles. The Bertz CT molecular complexity index is 3030. The number of rotatable bonds is 10. The Hall–Kier alpha value is -9.13. The molecule has 0 bridgehead atoms. The average Bonchev–Trinajstić information content (AvgIpc) is 4.02. The summed E-state index contributed by atoms with van der Waals surface area (Å²) < 4.78 is 29.4. The monoisotopic (exact) mass is 858 g/mol. The number of hydrogen-bond acceptors (Lipinski definition) is 11. The van der Waals surface area contributed by atoms with Gasteiger partial charge < -0.3 is 15.7 Å². The first-order valence-corrected chi connectivity index (χ1v) is 19.2. The van der Waals surface area contributed by atoms with Gasteiger partial charge in [-0.05, 0) is 121 Å². The minimum atomic E-state index is -1.32. The number of benzene rings is 6. The molecule has 4 N–H and O–H groups in total. The zero-order valence-electron chi connectivity index (χ0n) is 33.1. The fraction of sp³-hybridized carbons (Fsp3) is 0.0444. The van der Waals surface area contributed by atoms with Crippen molar-refractivity contribution < 1.29 is 33.1 Å². The molecule has 0 spiro atoms. The van der Waals surface area contributed by atoms with E-state index < -0.39 is 30.0 Å². The Morgan fingerprint density at radius 2 is 1.23 bits per heavy atom. The van der Waals surface area contributed by atoms with Gasteiger partial charge in [-0.1, -0.05) is 60.7 Å². The second-order valence-corrected chi connectivity index (χ2v) is 14.0. The highest BCUT2D eigenvalue weighted by Gasteiger charge is 2.19. The number of halogens is 2. The highest BCUT2D eigenvalue weighted by Crippen LogP contribution is 2.34. The Labute approximate surface area is 361 Å². The van der Waals surface area contributed by atoms with Gasteiger partial charge in [0, 0.05) is 5.56 Å². The summed E-state index contributed by atoms with van der Waals surface area (Å²) in [5.41, 5.74) is 7.64. The van der Waals surface area contributed by atoms with Crippen LogP contribution in [0.15, 0.2) is 151 Å². The topological polar surface area (TPSA) is 224 Å². The molecule has 316 valence electrons. The van der Waals surface area contributed by atoms with Crippen LogP contribution in [0.5, 0.6) is 0 Å². The third-order valence-electron chi connectivity index (χ3n) is 9.64. The van der Waals surface area contributed by atoms with Crippen molar-refractivity contribution in [3.63, 3.8) is 0 Å². The second kappa shape index (κ2) is 18.6. The van der Waals surface area contributed by atoms with Gasteiger partial charge in [0.25, 0.3) is 0 Å². The lowest BCUT2D eigenvalue weighted by Gasteiger charge is -2.13. The minimum absolute atomic E-state index is 0.125. The van der Waals surface area contributed by atoms with Gasteiger partial charge in [-0.2, -0.15) is 0 Å². The molecule has 0 saturated heterocycles. The number of nitrogens with zero attached hydrogens (tertiary/aromatic N) is 9. The number of nitrogens with one attached hydrogen (secondary N) is 3. The van der Waals surface area contributed by atoms with Crippen molar-refractivity contribution in [2.75, 3.05) is 16.0 Å². The summed E-state index contributed by atoms with van der Waals surface area (Å²) in [5, 5.41) is 38.9. The Kier molecular flexibility index (Phi) is 12.1. The summed E-state index contributed by atoms with van der Waals surface area (Å²) in [6.45, 7) is 0. The van der Waals surface area contributed by atoms with Gasteiger partial charge in [0.15, 0.2) is 5.78 Å². The van der Waals surface area contributed by atoms with Crippen LogP contribution in [0, 0.1) is 11.6 Å². The number of fused-ring (bicyclic) bond motifs is 1. The number of anilines is 3. The number of carbonyl (C=O) groups excluding carboxylic acids is 3. The molecule has 0 fully saturated rings. The molecule has 8 aromatic rings. The number of aliphatic imine (C=N–C) groups is 1. The van der Waals surface area contributed by atoms with E-state index in [1.807, 2.05) is 42.5 Å². The van der Waals surface area contributed by atoms with Crippen LogP contribution in [0.25, 0.3) is 33.6 Å². The number of amides is 3. The molecule has 9 rings (SSSR count). The van der Waals surface area contributed by atoms with Crippen LogP contribution >= 0.6 is 0 Å². The normalized spacial score (nSPS) is 11.8. The standard InChI is InChI=1S/C23H17FN6O4.C22H15FN6O/c24-17-7-4-14(5-8-17)15-6-9-19(27-23(33)34)20(11-15)26-22(32)12-21(31)16-2-1-3-18(10-16)30-13-25-28-29-30;23-17-7-4-14(5-8-17)15-6-9-19-21(11-15)26-22(30)12-20(25-19)16-2-1-3-18(10-16)29-13-24-27-28-29/h1-11,13,27H,12H2,(H,26,32)(H,33,34);1-11,13H,12H2,(H,26,30). The average molecular weight is 859 g/mol. The maximum atomic E-state index is 13.3. The van der Waals surface area contributed by atoms with Crippen LogP contribution in [-0.4, -0.2) is 74.9 Å². The third kappa shape index (κ3) is 10.1. The van der Waals surface area contributed by atoms with E-state index in [0.29, 0.717) is 33.9 Å². The van der Waals surface area contributed by atoms with Crippen molar-refractivity contribution in [2.24, 2.45) is 4.99 Å². The smallest absolute Gasteiger partial charge is 0.409 e. The SMILES string of the molecule is O=C(O)Nc1ccc(-c2ccc(F)cc2)cc1NC(=O)CC(=O)c1cccc(-n2cnnn2)c1.O=C1CC(c2cccc(-n3cnnn3)c2)=Nc2ccc(-c3ccc(F)cc3)cc2N1. The summed E-state index contributed by atoms with van der Waals surface area (Å²) in [6, 6.07) is 36.2. The zero-order valence-corrected chi connectivity index (χ0v) is 33.1. The fourth-order valence-electron chi connectivity index (χ4n) is 6.60. The third-order valence-corrected chi connectivity index (χ3v) is 9.64. The van der Waals surface area contributed by atoms with Crippen LogP contribution < -0.4 is 16.0 Å². The highest BCUT2D eigenvalue weighted by molar-refractivity contribution is 6.17. The number of ketones is 1. The molecule has 64 heavy (non-hydrogen) atoms. The van der Waals surface area contributed by atoms with Crippen molar-refractivity contribution in [1.29, 1.82) is 0 Å². The Morgan fingerprint density at radius 1 is 0.641 bits per heavy atom. The maximum absolute atomic E-state index is 13.3. The zero-order chi connectivity index (χ0) is 44.6. The van der Waals surface area contributed by atoms with Crippen LogP contribution in [0.1, 0.15) is 28.8 Å². The summed E-state index contributed by atoms with van der Waals surface area (Å²) >= 11 is 0. The van der Waals surface area contributed by atoms with E-state index in [4.69, 9.17) is 10.1 Å². The lowest BCUT2D eigenvalue weighted by molar-refractivity contribution is -0.116. The Morgan fingerprint density at radius 3 is 1.86 bits per heavy atom. The molecular formula is C45H32F2N12O5. The number of carbonyl (C=O) groups is 4. The van der Waals surface area contributed by atoms with Crippen molar-refractivity contribution >= 4 is 52.2 Å². The molecule has 0 atom stereocenters. The van der Waals surface area contributed by atoms with Crippen LogP contribution in [-0.2, 0) is 9.59 Å². The Balaban J connectivity index is 0.000000176. The van der Waals surface area contributed by atoms with E-state index in [-0.39, 0.29) is 35.1 Å². The molecule has 0 unspecified atom stereocenters. The molecule has 6 aromatic carbocycles. The second-order valence-electron chi connectivity index (χ2n) is 14.0. The summed E-state index contributed by atoms with van der Waals surface area (Å²) in [5.74, 6) is -1.93. The van der Waals surface area contributed by atoms with Crippen molar-refractivity contribution in [3.8, 4) is 33.6 Å². The molecule has 2 aromatic heterocycles. The number of Topliss-reactive ketones (excluding diaryl/α,β-unsaturated/α-hetero) is 1. The van der Waals surface area contributed by atoms with Gasteiger partial charge in [0.05, 0.1) is 52.7 Å². The predicted octanol–water partition coefficient (Wildman–Crippen LogP) is 7.70. The molecule has 0 radical (unpaired) electrons. The van der Waals surface area contributed by atoms with Gasteiger partial charge in [-0.15, -0.1) is 10.2 Å². The summed E-state index contributed by atoms with van der Waals surface area (Å²) in [4.78, 5) is 53.8. The first kappa shape index (κ1) is 41.6. The largest absolute Gasteiger partial charge is 0.465 e. The molecular weight excluding hydrogens is 827 g/mol. The number of tetrazole rings is 2. The molecule has 1 aliphatic rings. The van der Waals surface area contributed by atoms with Crippen molar-refractivity contribution in [3.05, 3.63) is 169 Å². The molecule has 19 heteroatoms. The van der Waals surface area contributed by atoms with E-state index in [1.165, 1.54) is 47.7 Å². The van der Waals surface area contributed by atoms with Gasteiger partial charge in [-0.25, -0.2) is 22.9 Å². The van der Waals surface area contributed by atoms with Gasteiger partial charge in [0.1, 0.15) is 24.3 Å². The van der Waals surface area contributed by atoms with E-state index in [9.17, 15) is 28.0 Å². The van der Waals surface area contributed by atoms with Crippen molar-refractivity contribution in [2.45, 2.75) is 12.8 Å². The van der Waals surface area contributed by atoms with E-state index in [0.717, 1.165) is 22.4 Å². The van der Waals surface area contributed by atoms with Gasteiger partial charge in [-0.3, -0.25) is 24.7 Å². The van der Waals surface area contributed by atoms with E-state index in [1.54, 1.807) is 65.3 Å². The minimum Gasteiger partial charge on any atom is -0.465 e. The van der Waals surface area contributed by atoms with Gasteiger partial charge in [0.2, 0.25) is 11.8 Å². The first-order valence-electron chi connectivity index (χ1n) is 19.2. The number of carboxylic acid groups (broad SMARTS) is 1. The molecule has 17 nitrogen and oxygen atoms in total. The highest BCUT2D eigenvalue weighted by atomic mass is 19.1. The van der Waals surface area contributed by atoms with Crippen LogP contribution in [0.4, 0.5) is 36.3 Å². The lowest BCUT2D eigenvalue weighted by atomic mass is 10.0. The van der Waals surface area contributed by atoms with E-state index in [2.05, 4.69) is 47.0 Å². The molecule has 0 aliphatic carbocycles. The lowest BCUT2D eigenvalue weighted by Crippen LogP contribution is -2.18. The van der Waals surface area contributed by atoms with Crippen molar-refractivity contribution in [1.82, 2.24) is 40.4 Å². The quantitative estimate of drug-likeness (QED) is 0.0770. The molecule has 3 heterocycles. The summed E-state index contributed by atoms with van der Waals surface area (Å²) in [7, 11) is 0. The molecule has 3 amide bonds. The van der Waals surface area contributed by atoms with Crippen LogP contribution in [0.3, 0.4) is 0 Å². The molecule has 1 aliphatic heterocycles. The number of hydrogen-bond donors (Lipinski definition) is 4. The first-order chi connectivity index (χ1) is 31.0. The fourth-order valence-corrected chi connectivity index (χ4v) is 6.60. The predicted molar refractivity (Wildman–Crippen MR) is 231 cm³/mol. The van der Waals surface area contributed by atoms with Crippen LogP contribution in [0.2, 0.25) is 0 Å². The van der Waals surface area contributed by atoms with E-state index >= 15 is 0 Å².